The highest BCUT2D eigenvalue weighted by atomic mass is 19.1. The van der Waals surface area contributed by atoms with Gasteiger partial charge in [0.15, 0.2) is 6.61 Å². The van der Waals surface area contributed by atoms with Crippen molar-refractivity contribution in [3.63, 3.8) is 0 Å². The molecule has 0 fully saturated rings. The number of amides is 2. The molecule has 0 bridgehead atoms. The van der Waals surface area contributed by atoms with Gasteiger partial charge in [-0.25, -0.2) is 4.39 Å². The van der Waals surface area contributed by atoms with Crippen molar-refractivity contribution in [1.82, 2.24) is 10.6 Å². The van der Waals surface area contributed by atoms with E-state index in [0.717, 1.165) is 11.1 Å². The van der Waals surface area contributed by atoms with Crippen LogP contribution >= 0.6 is 0 Å². The second-order valence-corrected chi connectivity index (χ2v) is 5.62. The van der Waals surface area contributed by atoms with Gasteiger partial charge in [0.1, 0.15) is 12.4 Å². The fourth-order valence-corrected chi connectivity index (χ4v) is 2.09. The van der Waals surface area contributed by atoms with E-state index in [1.807, 2.05) is 13.0 Å². The summed E-state index contributed by atoms with van der Waals surface area (Å²) in [7, 11) is 0. The number of rotatable bonds is 7. The number of hydrogen-bond donors (Lipinski definition) is 2. The van der Waals surface area contributed by atoms with E-state index in [4.69, 9.17) is 4.74 Å². The lowest BCUT2D eigenvalue weighted by Crippen LogP contribution is -2.33. The van der Waals surface area contributed by atoms with E-state index in [1.165, 1.54) is 12.1 Å². The van der Waals surface area contributed by atoms with Crippen molar-refractivity contribution in [3.8, 4) is 0 Å². The molecule has 2 aromatic rings. The maximum atomic E-state index is 12.8. The first-order valence-corrected chi connectivity index (χ1v) is 7.95. The molecule has 2 rings (SSSR count). The molecular formula is C19H19FN2O4. The van der Waals surface area contributed by atoms with E-state index >= 15 is 0 Å². The van der Waals surface area contributed by atoms with Crippen molar-refractivity contribution < 1.29 is 23.5 Å². The SMILES string of the molecule is Cc1cccc(C(=O)NCC(=O)OCC(=O)NCc2ccc(F)cc2)c1. The molecule has 0 aromatic heterocycles. The summed E-state index contributed by atoms with van der Waals surface area (Å²) >= 11 is 0. The van der Waals surface area contributed by atoms with Gasteiger partial charge in [0.05, 0.1) is 0 Å². The van der Waals surface area contributed by atoms with Gasteiger partial charge in [0.2, 0.25) is 0 Å². The smallest absolute Gasteiger partial charge is 0.325 e. The largest absolute Gasteiger partial charge is 0.454 e. The minimum Gasteiger partial charge on any atom is -0.454 e. The molecule has 0 saturated carbocycles. The van der Waals surface area contributed by atoms with E-state index in [-0.39, 0.29) is 18.9 Å². The van der Waals surface area contributed by atoms with Crippen LogP contribution in [0.15, 0.2) is 48.5 Å². The molecule has 0 aliphatic heterocycles. The van der Waals surface area contributed by atoms with Crippen LogP contribution in [0.4, 0.5) is 4.39 Å². The van der Waals surface area contributed by atoms with Crippen LogP contribution in [0.1, 0.15) is 21.5 Å². The van der Waals surface area contributed by atoms with E-state index in [1.54, 1.807) is 30.3 Å². The van der Waals surface area contributed by atoms with E-state index < -0.39 is 24.4 Å². The average molecular weight is 358 g/mol. The topological polar surface area (TPSA) is 84.5 Å². The lowest BCUT2D eigenvalue weighted by Gasteiger charge is -2.08. The van der Waals surface area contributed by atoms with Gasteiger partial charge in [0, 0.05) is 12.1 Å². The number of benzene rings is 2. The molecule has 0 saturated heterocycles. The Hall–Kier alpha value is -3.22. The van der Waals surface area contributed by atoms with Crippen LogP contribution in [0.25, 0.3) is 0 Å². The molecule has 2 amide bonds. The molecule has 6 nitrogen and oxygen atoms in total. The summed E-state index contributed by atoms with van der Waals surface area (Å²) in [5.41, 5.74) is 2.09. The Bertz CT molecular complexity index is 790. The molecule has 0 heterocycles. The van der Waals surface area contributed by atoms with Crippen LogP contribution in [0.3, 0.4) is 0 Å². The summed E-state index contributed by atoms with van der Waals surface area (Å²) in [6.07, 6.45) is 0. The summed E-state index contributed by atoms with van der Waals surface area (Å²) in [6.45, 7) is 1.26. The normalized spacial score (nSPS) is 10.1. The van der Waals surface area contributed by atoms with Gasteiger partial charge in [-0.05, 0) is 36.8 Å². The Morgan fingerprint density at radius 2 is 1.77 bits per heavy atom. The number of hydrogen-bond acceptors (Lipinski definition) is 4. The number of halogens is 1. The van der Waals surface area contributed by atoms with E-state index in [0.29, 0.717) is 5.56 Å². The molecular weight excluding hydrogens is 339 g/mol. The van der Waals surface area contributed by atoms with Gasteiger partial charge >= 0.3 is 5.97 Å². The number of esters is 1. The summed E-state index contributed by atoms with van der Waals surface area (Å²) in [5.74, 6) is -1.97. The van der Waals surface area contributed by atoms with Crippen molar-refractivity contribution in [1.29, 1.82) is 0 Å². The molecule has 7 heteroatoms. The van der Waals surface area contributed by atoms with E-state index in [2.05, 4.69) is 10.6 Å². The standard InChI is InChI=1S/C19H19FN2O4/c1-13-3-2-4-15(9-13)19(25)22-11-18(24)26-12-17(23)21-10-14-5-7-16(20)8-6-14/h2-9H,10-12H2,1H3,(H,21,23)(H,22,25). The zero-order valence-corrected chi connectivity index (χ0v) is 14.3. The lowest BCUT2D eigenvalue weighted by atomic mass is 10.1. The van der Waals surface area contributed by atoms with Crippen LogP contribution in [0.5, 0.6) is 0 Å². The number of nitrogens with one attached hydrogen (secondary N) is 2. The Labute approximate surface area is 150 Å². The molecule has 2 N–H and O–H groups in total. The Morgan fingerprint density at radius 1 is 1.04 bits per heavy atom. The first kappa shape index (κ1) is 19.1. The predicted octanol–water partition coefficient (Wildman–Crippen LogP) is 1.72. The van der Waals surface area contributed by atoms with Gasteiger partial charge in [-0.3, -0.25) is 14.4 Å². The maximum absolute atomic E-state index is 12.8. The molecule has 0 radical (unpaired) electrons. The summed E-state index contributed by atoms with van der Waals surface area (Å²) < 4.78 is 17.6. The van der Waals surface area contributed by atoms with Crippen molar-refractivity contribution in [3.05, 3.63) is 71.0 Å². The molecule has 2 aromatic carbocycles. The number of ether oxygens (including phenoxy) is 1. The highest BCUT2D eigenvalue weighted by Crippen LogP contribution is 2.03. The molecule has 26 heavy (non-hydrogen) atoms. The summed E-state index contributed by atoms with van der Waals surface area (Å²) in [6, 6.07) is 12.6. The van der Waals surface area contributed by atoms with Crippen molar-refractivity contribution >= 4 is 17.8 Å². The number of carbonyl (C=O) groups is 3. The lowest BCUT2D eigenvalue weighted by molar-refractivity contribution is -0.147. The molecule has 0 atom stereocenters. The Kier molecular flexibility index (Phi) is 6.84. The molecule has 0 spiro atoms. The minimum atomic E-state index is -0.720. The second-order valence-electron chi connectivity index (χ2n) is 5.62. The minimum absolute atomic E-state index is 0.195. The number of carbonyl (C=O) groups excluding carboxylic acids is 3. The third kappa shape index (κ3) is 6.35. The monoisotopic (exact) mass is 358 g/mol. The van der Waals surface area contributed by atoms with Crippen molar-refractivity contribution in [2.75, 3.05) is 13.2 Å². The Balaban J connectivity index is 1.67. The molecule has 0 unspecified atom stereocenters. The average Bonchev–Trinajstić information content (AvgIpc) is 2.64. The van der Waals surface area contributed by atoms with Crippen molar-refractivity contribution in [2.24, 2.45) is 0 Å². The van der Waals surface area contributed by atoms with Gasteiger partial charge in [0.25, 0.3) is 11.8 Å². The zero-order chi connectivity index (χ0) is 18.9. The third-order valence-corrected chi connectivity index (χ3v) is 3.44. The fraction of sp³-hybridized carbons (Fsp3) is 0.211. The first-order valence-electron chi connectivity index (χ1n) is 7.95. The quantitative estimate of drug-likeness (QED) is 0.738. The highest BCUT2D eigenvalue weighted by molar-refractivity contribution is 5.96. The second kappa shape index (κ2) is 9.31. The van der Waals surface area contributed by atoms with Gasteiger partial charge in [-0.2, -0.15) is 0 Å². The van der Waals surface area contributed by atoms with Gasteiger partial charge in [-0.15, -0.1) is 0 Å². The van der Waals surface area contributed by atoms with Crippen molar-refractivity contribution in [2.45, 2.75) is 13.5 Å². The predicted molar refractivity (Wildman–Crippen MR) is 92.7 cm³/mol. The van der Waals surface area contributed by atoms with Crippen LogP contribution in [-0.2, 0) is 20.9 Å². The summed E-state index contributed by atoms with van der Waals surface area (Å²) in [5, 5.41) is 4.98. The number of aryl methyl sites for hydroxylation is 1. The molecule has 0 aliphatic carbocycles. The molecule has 136 valence electrons. The van der Waals surface area contributed by atoms with Gasteiger partial charge < -0.3 is 15.4 Å². The van der Waals surface area contributed by atoms with Crippen LogP contribution in [0, 0.1) is 12.7 Å². The summed E-state index contributed by atoms with van der Waals surface area (Å²) in [4.78, 5) is 35.1. The fourth-order valence-electron chi connectivity index (χ4n) is 2.09. The maximum Gasteiger partial charge on any atom is 0.325 e. The molecule has 0 aliphatic rings. The zero-order valence-electron chi connectivity index (χ0n) is 14.3. The third-order valence-electron chi connectivity index (χ3n) is 3.44. The van der Waals surface area contributed by atoms with Crippen LogP contribution in [-0.4, -0.2) is 30.9 Å². The van der Waals surface area contributed by atoms with Crippen LogP contribution < -0.4 is 10.6 Å². The van der Waals surface area contributed by atoms with Gasteiger partial charge in [-0.1, -0.05) is 29.8 Å². The van der Waals surface area contributed by atoms with Crippen LogP contribution in [0.2, 0.25) is 0 Å². The first-order chi connectivity index (χ1) is 12.4. The van der Waals surface area contributed by atoms with E-state index in [9.17, 15) is 18.8 Å². The Morgan fingerprint density at radius 3 is 2.46 bits per heavy atom. The highest BCUT2D eigenvalue weighted by Gasteiger charge is 2.11.